The van der Waals surface area contributed by atoms with Gasteiger partial charge in [-0.15, -0.1) is 13.2 Å². The largest absolute Gasteiger partial charge is 2.00 e. The Balaban J connectivity index is -0.000000304. The Morgan fingerprint density at radius 2 is 1.10 bits per heavy atom. The maximum atomic E-state index is 8.48. The SMILES string of the molecule is C=CCc1ccccc1CC=C.O=[SH](=O)[O-].O=[SH](=O)[O-].[Ca+2]. The standard InChI is InChI=1S/C12H14.Ca.2H2O3S/c1-3-7-11-9-5-6-10-12(11)8-4-2;;2*1-4(2)3/h3-6,9-10H,1-2,7-8H2;;2*4H,(H,1,2,3)/q;+2;;/p-2. The van der Waals surface area contributed by atoms with Crippen molar-refractivity contribution in [2.45, 2.75) is 12.8 Å². The van der Waals surface area contributed by atoms with Crippen LogP contribution in [-0.2, 0) is 34.8 Å². The summed E-state index contributed by atoms with van der Waals surface area (Å²) in [5.41, 5.74) is 2.71. The number of benzene rings is 1. The summed E-state index contributed by atoms with van der Waals surface area (Å²) in [6.07, 6.45) is 5.76. The molecule has 1 aromatic rings. The summed E-state index contributed by atoms with van der Waals surface area (Å²) in [7, 11) is -6.74. The Hall–Kier alpha value is -0.220. The van der Waals surface area contributed by atoms with Crippen LogP contribution in [0.3, 0.4) is 0 Å². The van der Waals surface area contributed by atoms with E-state index in [4.69, 9.17) is 25.9 Å². The fraction of sp³-hybridized carbons (Fsp3) is 0.167. The zero-order valence-electron chi connectivity index (χ0n) is 11.3. The van der Waals surface area contributed by atoms with Crippen molar-refractivity contribution in [2.24, 2.45) is 0 Å². The van der Waals surface area contributed by atoms with Gasteiger partial charge in [0.1, 0.15) is 0 Å². The van der Waals surface area contributed by atoms with E-state index in [0.717, 1.165) is 12.8 Å². The van der Waals surface area contributed by atoms with Crippen LogP contribution in [-0.4, -0.2) is 63.7 Å². The molecular weight excluding hydrogens is 344 g/mol. The quantitative estimate of drug-likeness (QED) is 0.344. The maximum Gasteiger partial charge on any atom is 2.00 e. The van der Waals surface area contributed by atoms with E-state index in [0.29, 0.717) is 0 Å². The van der Waals surface area contributed by atoms with Gasteiger partial charge in [-0.05, 0) is 24.0 Å². The van der Waals surface area contributed by atoms with Crippen LogP contribution < -0.4 is 0 Å². The molecule has 0 unspecified atom stereocenters. The molecule has 114 valence electrons. The third-order valence-electron chi connectivity index (χ3n) is 1.85. The summed E-state index contributed by atoms with van der Waals surface area (Å²) >= 11 is 0. The zero-order valence-corrected chi connectivity index (χ0v) is 15.3. The summed E-state index contributed by atoms with van der Waals surface area (Å²) in [6.45, 7) is 7.46. The van der Waals surface area contributed by atoms with Crippen LogP contribution in [0.5, 0.6) is 0 Å². The normalized spacial score (nSPS) is 8.57. The van der Waals surface area contributed by atoms with Crippen molar-refractivity contribution in [1.29, 1.82) is 0 Å². The Kier molecular flexibility index (Phi) is 21.8. The van der Waals surface area contributed by atoms with Crippen molar-refractivity contribution in [1.82, 2.24) is 0 Å². The molecule has 0 N–H and O–H groups in total. The van der Waals surface area contributed by atoms with Crippen LogP contribution in [0.2, 0.25) is 0 Å². The Morgan fingerprint density at radius 1 is 0.857 bits per heavy atom. The summed E-state index contributed by atoms with van der Waals surface area (Å²) in [4.78, 5) is 0. The molecule has 0 fully saturated rings. The molecule has 0 aliphatic carbocycles. The summed E-state index contributed by atoms with van der Waals surface area (Å²) < 4.78 is 50.9. The van der Waals surface area contributed by atoms with Crippen LogP contribution in [0.25, 0.3) is 0 Å². The number of thiol groups is 2. The second-order valence-electron chi connectivity index (χ2n) is 3.20. The minimum atomic E-state index is -3.37. The van der Waals surface area contributed by atoms with Crippen molar-refractivity contribution in [3.05, 3.63) is 60.7 Å². The molecular formula is C12H16CaO6S2. The van der Waals surface area contributed by atoms with E-state index >= 15 is 0 Å². The van der Waals surface area contributed by atoms with E-state index in [1.54, 1.807) is 0 Å². The number of hydrogen-bond donors (Lipinski definition) is 2. The number of allylic oxidation sites excluding steroid dienone is 2. The minimum Gasteiger partial charge on any atom is -0.750 e. The summed E-state index contributed by atoms with van der Waals surface area (Å²) in [5, 5.41) is 0. The molecule has 0 aliphatic heterocycles. The van der Waals surface area contributed by atoms with Gasteiger partial charge in [0, 0.05) is 0 Å². The van der Waals surface area contributed by atoms with Crippen molar-refractivity contribution in [2.75, 3.05) is 0 Å². The second-order valence-corrected chi connectivity index (χ2v) is 4.10. The molecule has 0 atom stereocenters. The van der Waals surface area contributed by atoms with Crippen LogP contribution in [0.1, 0.15) is 11.1 Å². The van der Waals surface area contributed by atoms with Crippen LogP contribution in [0.15, 0.2) is 49.6 Å². The van der Waals surface area contributed by atoms with Gasteiger partial charge in [0.05, 0.1) is 22.0 Å². The van der Waals surface area contributed by atoms with Gasteiger partial charge < -0.3 is 9.11 Å². The average molecular weight is 360 g/mol. The van der Waals surface area contributed by atoms with Crippen LogP contribution in [0, 0.1) is 0 Å². The first-order chi connectivity index (χ1) is 9.34. The molecule has 6 nitrogen and oxygen atoms in total. The molecule has 9 heteroatoms. The van der Waals surface area contributed by atoms with Gasteiger partial charge >= 0.3 is 37.7 Å². The van der Waals surface area contributed by atoms with E-state index in [2.05, 4.69) is 37.4 Å². The Labute approximate surface area is 158 Å². The van der Waals surface area contributed by atoms with Crippen molar-refractivity contribution >= 4 is 59.7 Å². The average Bonchev–Trinajstić information content (AvgIpc) is 2.31. The van der Waals surface area contributed by atoms with E-state index < -0.39 is 22.0 Å². The first kappa shape index (κ1) is 25.7. The van der Waals surface area contributed by atoms with E-state index in [1.807, 2.05) is 12.2 Å². The first-order valence-corrected chi connectivity index (χ1v) is 7.45. The molecule has 1 aromatic carbocycles. The van der Waals surface area contributed by atoms with Gasteiger partial charge in [-0.1, -0.05) is 36.4 Å². The predicted molar refractivity (Wildman–Crippen MR) is 82.2 cm³/mol. The van der Waals surface area contributed by atoms with Gasteiger partial charge in [-0.25, -0.2) is 16.8 Å². The Morgan fingerprint density at radius 3 is 1.29 bits per heavy atom. The van der Waals surface area contributed by atoms with E-state index in [-0.39, 0.29) is 37.7 Å². The molecule has 21 heavy (non-hydrogen) atoms. The van der Waals surface area contributed by atoms with Crippen LogP contribution in [0.4, 0.5) is 0 Å². The van der Waals surface area contributed by atoms with Crippen molar-refractivity contribution in [3.63, 3.8) is 0 Å². The molecule has 0 radical (unpaired) electrons. The molecule has 0 spiro atoms. The first-order valence-electron chi connectivity index (χ1n) is 5.26. The summed E-state index contributed by atoms with van der Waals surface area (Å²) in [6, 6.07) is 8.40. The molecule has 0 saturated heterocycles. The second kappa shape index (κ2) is 17.8. The fourth-order valence-corrected chi connectivity index (χ4v) is 1.27. The molecule has 0 aromatic heterocycles. The Bertz CT molecular complexity index is 487. The molecule has 0 heterocycles. The molecule has 0 bridgehead atoms. The van der Waals surface area contributed by atoms with Crippen molar-refractivity contribution < 1.29 is 25.9 Å². The van der Waals surface area contributed by atoms with E-state index in [1.165, 1.54) is 11.1 Å². The monoisotopic (exact) mass is 360 g/mol. The van der Waals surface area contributed by atoms with E-state index in [9.17, 15) is 0 Å². The van der Waals surface area contributed by atoms with Gasteiger partial charge in [0.15, 0.2) is 0 Å². The smallest absolute Gasteiger partial charge is 0.750 e. The third kappa shape index (κ3) is 22.2. The van der Waals surface area contributed by atoms with Gasteiger partial charge in [0.25, 0.3) is 0 Å². The predicted octanol–water partition coefficient (Wildman–Crippen LogP) is 0.219. The fourth-order valence-electron chi connectivity index (χ4n) is 1.27. The number of rotatable bonds is 4. The van der Waals surface area contributed by atoms with Crippen LogP contribution >= 0.6 is 0 Å². The molecule has 1 rings (SSSR count). The number of hydrogen-bond acceptors (Lipinski definition) is 6. The molecule has 0 saturated carbocycles. The van der Waals surface area contributed by atoms with Gasteiger partial charge in [0.2, 0.25) is 0 Å². The van der Waals surface area contributed by atoms with Gasteiger partial charge in [-0.3, -0.25) is 0 Å². The molecule has 0 aliphatic rings. The zero-order chi connectivity index (χ0) is 16.0. The van der Waals surface area contributed by atoms with Crippen molar-refractivity contribution in [3.8, 4) is 0 Å². The molecule has 0 amide bonds. The third-order valence-corrected chi connectivity index (χ3v) is 1.85. The van der Waals surface area contributed by atoms with Gasteiger partial charge in [-0.2, -0.15) is 0 Å². The topological polar surface area (TPSA) is 114 Å². The maximum absolute atomic E-state index is 8.48. The minimum absolute atomic E-state index is 0. The summed E-state index contributed by atoms with van der Waals surface area (Å²) in [5.74, 6) is 0.